The smallest absolute Gasteiger partial charge is 0.260 e. The van der Waals surface area contributed by atoms with Crippen LogP contribution in [0.25, 0.3) is 0 Å². The summed E-state index contributed by atoms with van der Waals surface area (Å²) in [6.07, 6.45) is 4.09. The minimum atomic E-state index is -0.135. The summed E-state index contributed by atoms with van der Waals surface area (Å²) < 4.78 is 37.7. The van der Waals surface area contributed by atoms with Crippen molar-refractivity contribution in [2.24, 2.45) is 0 Å². The van der Waals surface area contributed by atoms with Crippen LogP contribution in [0, 0.1) is 0 Å². The zero-order valence-electron chi connectivity index (χ0n) is 16.5. The van der Waals surface area contributed by atoms with Gasteiger partial charge in [0.1, 0.15) is 23.0 Å². The van der Waals surface area contributed by atoms with E-state index < -0.39 is 0 Å². The maximum Gasteiger partial charge on any atom is 0.260 e. The van der Waals surface area contributed by atoms with Gasteiger partial charge in [-0.1, -0.05) is 30.3 Å². The Morgan fingerprint density at radius 1 is 0.760 bits per heavy atom. The van der Waals surface area contributed by atoms with Crippen molar-refractivity contribution in [3.63, 3.8) is 0 Å². The maximum absolute atomic E-state index is 8.47. The Labute approximate surface area is 150 Å². The molecule has 2 heterocycles. The molecule has 0 N–H and O–H groups in total. The molecule has 0 aromatic heterocycles. The normalized spacial score (nSPS) is 18.4. The number of ether oxygens (including phenoxy) is 2. The van der Waals surface area contributed by atoms with E-state index in [1.807, 2.05) is 0 Å². The number of rotatable bonds is 0. The first-order chi connectivity index (χ1) is 13.6. The van der Waals surface area contributed by atoms with E-state index in [1.165, 1.54) is 22.3 Å². The lowest BCUT2D eigenvalue weighted by Gasteiger charge is -2.37. The van der Waals surface area contributed by atoms with Crippen LogP contribution >= 0.6 is 0 Å². The summed E-state index contributed by atoms with van der Waals surface area (Å²) in [6.45, 7) is -0.108. The zero-order chi connectivity index (χ0) is 18.7. The Hall–Kier alpha value is -2.68. The average Bonchev–Trinajstić information content (AvgIpc) is 2.64. The Morgan fingerprint density at radius 2 is 1.32 bits per heavy atom. The van der Waals surface area contributed by atoms with Gasteiger partial charge in [0.05, 0.1) is 4.11 Å². The molecule has 7 rings (SSSR count). The number of fused-ring (bicyclic) bond motifs is 8. The van der Waals surface area contributed by atoms with Crippen LogP contribution in [0.2, 0.25) is 0 Å². The summed E-state index contributed by atoms with van der Waals surface area (Å²) in [5.41, 5.74) is 7.98. The standard InChI is InChI=1S/C22H15BO2/c1-2-18-20-19(3-1)25-22-15-9-5-13(15)7-11-17(22)23(20)16-10-6-12-4-8-14(12)21(16)24-18/h1-3,6-7,10-11H,4-5,8-9H2/i1D,2D,3D. The maximum atomic E-state index is 8.47. The molecule has 0 saturated carbocycles. The van der Waals surface area contributed by atoms with Crippen molar-refractivity contribution < 1.29 is 13.6 Å². The molecule has 3 aromatic rings. The summed E-state index contributed by atoms with van der Waals surface area (Å²) >= 11 is 0. The number of aryl methyl sites for hydroxylation is 2. The molecule has 0 bridgehead atoms. The Kier molecular flexibility index (Phi) is 1.70. The first-order valence-corrected chi connectivity index (χ1v) is 8.92. The molecule has 25 heavy (non-hydrogen) atoms. The molecule has 118 valence electrons. The summed E-state index contributed by atoms with van der Waals surface area (Å²) in [6, 6.07) is 8.47. The van der Waals surface area contributed by atoms with Gasteiger partial charge in [-0.15, -0.1) is 0 Å². The first-order valence-electron chi connectivity index (χ1n) is 10.4. The average molecular weight is 325 g/mol. The van der Waals surface area contributed by atoms with Crippen molar-refractivity contribution in [2.75, 3.05) is 0 Å². The fraction of sp³-hybridized carbons (Fsp3) is 0.182. The third-order valence-electron chi connectivity index (χ3n) is 6.22. The quantitative estimate of drug-likeness (QED) is 0.408. The fourth-order valence-electron chi connectivity index (χ4n) is 4.74. The highest BCUT2D eigenvalue weighted by molar-refractivity contribution is 6.98. The van der Waals surface area contributed by atoms with E-state index in [9.17, 15) is 0 Å². The van der Waals surface area contributed by atoms with Crippen LogP contribution in [0.15, 0.2) is 42.4 Å². The van der Waals surface area contributed by atoms with Crippen LogP contribution in [0.1, 0.15) is 26.4 Å². The van der Waals surface area contributed by atoms with E-state index in [2.05, 4.69) is 24.3 Å². The predicted octanol–water partition coefficient (Wildman–Crippen LogP) is 2.61. The third-order valence-corrected chi connectivity index (χ3v) is 6.22. The monoisotopic (exact) mass is 325 g/mol. The lowest BCUT2D eigenvalue weighted by Crippen LogP contribution is -2.58. The summed E-state index contributed by atoms with van der Waals surface area (Å²) in [7, 11) is 0. The molecule has 2 aliphatic carbocycles. The third kappa shape index (κ3) is 1.40. The molecule has 0 fully saturated rings. The van der Waals surface area contributed by atoms with E-state index in [1.54, 1.807) is 0 Å². The fourth-order valence-corrected chi connectivity index (χ4v) is 4.74. The summed E-state index contributed by atoms with van der Waals surface area (Å²) in [4.78, 5) is 0. The molecule has 3 aromatic carbocycles. The van der Waals surface area contributed by atoms with Crippen molar-refractivity contribution in [1.82, 2.24) is 0 Å². The summed E-state index contributed by atoms with van der Waals surface area (Å²) in [5, 5.41) is 0. The van der Waals surface area contributed by atoms with Crippen LogP contribution < -0.4 is 25.9 Å². The molecule has 4 aliphatic rings. The van der Waals surface area contributed by atoms with E-state index in [4.69, 9.17) is 13.6 Å². The highest BCUT2D eigenvalue weighted by Crippen LogP contribution is 2.41. The van der Waals surface area contributed by atoms with Gasteiger partial charge in [0, 0.05) is 5.46 Å². The van der Waals surface area contributed by atoms with Gasteiger partial charge in [-0.05, 0) is 70.9 Å². The minimum Gasteiger partial charge on any atom is -0.458 e. The first kappa shape index (κ1) is 10.3. The van der Waals surface area contributed by atoms with Crippen LogP contribution in [-0.2, 0) is 25.7 Å². The molecule has 3 heteroatoms. The second-order valence-corrected chi connectivity index (χ2v) is 7.33. The van der Waals surface area contributed by atoms with Gasteiger partial charge in [0.15, 0.2) is 0 Å². The van der Waals surface area contributed by atoms with Gasteiger partial charge in [0.25, 0.3) is 6.71 Å². The van der Waals surface area contributed by atoms with Crippen LogP contribution in [0.4, 0.5) is 0 Å². The zero-order valence-corrected chi connectivity index (χ0v) is 13.5. The second kappa shape index (κ2) is 4.11. The van der Waals surface area contributed by atoms with E-state index in [-0.39, 0.29) is 24.8 Å². The van der Waals surface area contributed by atoms with Gasteiger partial charge < -0.3 is 9.47 Å². The van der Waals surface area contributed by atoms with E-state index in [0.717, 1.165) is 53.6 Å². The van der Waals surface area contributed by atoms with Gasteiger partial charge in [0.2, 0.25) is 0 Å². The topological polar surface area (TPSA) is 18.5 Å². The van der Waals surface area contributed by atoms with Crippen LogP contribution in [-0.4, -0.2) is 6.71 Å². The Bertz CT molecular complexity index is 1180. The van der Waals surface area contributed by atoms with Crippen molar-refractivity contribution in [3.05, 3.63) is 64.6 Å². The van der Waals surface area contributed by atoms with Crippen molar-refractivity contribution in [3.8, 4) is 23.0 Å². The van der Waals surface area contributed by atoms with Crippen molar-refractivity contribution >= 4 is 23.1 Å². The highest BCUT2D eigenvalue weighted by atomic mass is 16.5. The molecule has 0 spiro atoms. The lowest BCUT2D eigenvalue weighted by molar-refractivity contribution is 0.453. The minimum absolute atomic E-state index is 0.0210. The van der Waals surface area contributed by atoms with Gasteiger partial charge in [-0.25, -0.2) is 0 Å². The molecular weight excluding hydrogens is 307 g/mol. The molecular formula is C22H15BO2. The summed E-state index contributed by atoms with van der Waals surface area (Å²) in [5.74, 6) is 2.49. The van der Waals surface area contributed by atoms with Crippen LogP contribution in [0.3, 0.4) is 0 Å². The molecule has 0 saturated heterocycles. The van der Waals surface area contributed by atoms with Crippen molar-refractivity contribution in [2.45, 2.75) is 25.7 Å². The van der Waals surface area contributed by atoms with E-state index in [0.29, 0.717) is 11.5 Å². The SMILES string of the molecule is [2H]c1c([2H])c2c3c(c1[2H])Oc1c(ccc4c1CC4)B3c1ccc3c(c1O2)CC3. The van der Waals surface area contributed by atoms with Gasteiger partial charge in [-0.2, -0.15) is 0 Å². The Morgan fingerprint density at radius 3 is 1.80 bits per heavy atom. The highest BCUT2D eigenvalue weighted by Gasteiger charge is 2.43. The number of hydrogen-bond donors (Lipinski definition) is 0. The van der Waals surface area contributed by atoms with E-state index >= 15 is 0 Å². The molecule has 2 nitrogen and oxygen atoms in total. The predicted molar refractivity (Wildman–Crippen MR) is 98.9 cm³/mol. The van der Waals surface area contributed by atoms with Gasteiger partial charge >= 0.3 is 0 Å². The number of benzene rings is 3. The molecule has 0 radical (unpaired) electrons. The molecule has 0 unspecified atom stereocenters. The largest absolute Gasteiger partial charge is 0.458 e. The molecule has 0 atom stereocenters. The lowest BCUT2D eigenvalue weighted by atomic mass is 9.34. The molecule has 2 aliphatic heterocycles. The van der Waals surface area contributed by atoms with Crippen LogP contribution in [0.5, 0.6) is 23.0 Å². The molecule has 0 amide bonds. The van der Waals surface area contributed by atoms with Gasteiger partial charge in [-0.3, -0.25) is 0 Å². The second-order valence-electron chi connectivity index (χ2n) is 7.33. The number of hydrogen-bond acceptors (Lipinski definition) is 2. The van der Waals surface area contributed by atoms with Crippen molar-refractivity contribution in [1.29, 1.82) is 0 Å². The Balaban J connectivity index is 1.61.